The van der Waals surface area contributed by atoms with Crippen LogP contribution >= 0.6 is 0 Å². The highest BCUT2D eigenvalue weighted by Crippen LogP contribution is 2.30. The van der Waals surface area contributed by atoms with Gasteiger partial charge in [-0.1, -0.05) is 229 Å². The maximum Gasteiger partial charge on any atom is -0.0149 e. The zero-order valence-corrected chi connectivity index (χ0v) is 29.8. The summed E-state index contributed by atoms with van der Waals surface area (Å²) in [4.78, 5) is 0. The van der Waals surface area contributed by atoms with E-state index in [4.69, 9.17) is 0 Å². The molecule has 0 saturated carbocycles. The maximum absolute atomic E-state index is 2.39. The Bertz CT molecular complexity index is 806. The van der Waals surface area contributed by atoms with Crippen molar-refractivity contribution in [2.75, 3.05) is 0 Å². The molecule has 0 heterocycles. The van der Waals surface area contributed by atoms with Crippen molar-refractivity contribution in [1.29, 1.82) is 0 Å². The average molecular weight is 603 g/mol. The number of benzene rings is 2. The van der Waals surface area contributed by atoms with E-state index in [1.165, 1.54) is 204 Å². The smallest absolute Gasteiger partial charge is 0.0149 e. The minimum Gasteiger partial charge on any atom is -0.0654 e. The Kier molecular flexibility index (Phi) is 25.4. The molecule has 0 aliphatic rings. The van der Waals surface area contributed by atoms with Gasteiger partial charge in [-0.25, -0.2) is 0 Å². The molecule has 0 atom stereocenters. The molecule has 0 saturated heterocycles. The lowest BCUT2D eigenvalue weighted by molar-refractivity contribution is 0.535. The summed E-state index contributed by atoms with van der Waals surface area (Å²) in [6.07, 6.45) is 42.4. The molecule has 0 heteroatoms. The predicted molar refractivity (Wildman–Crippen MR) is 200 cm³/mol. The van der Waals surface area contributed by atoms with Gasteiger partial charge in [-0.2, -0.15) is 0 Å². The van der Waals surface area contributed by atoms with Crippen molar-refractivity contribution in [3.63, 3.8) is 0 Å². The molecule has 0 N–H and O–H groups in total. The zero-order chi connectivity index (χ0) is 31.2. The fraction of sp³-hybridized carbons (Fsp3) is 0.727. The minimum atomic E-state index is 1.22. The van der Waals surface area contributed by atoms with Crippen LogP contribution in [0.2, 0.25) is 0 Å². The molecule has 0 aliphatic heterocycles. The van der Waals surface area contributed by atoms with Crippen molar-refractivity contribution in [3.8, 4) is 11.1 Å². The van der Waals surface area contributed by atoms with E-state index >= 15 is 0 Å². The van der Waals surface area contributed by atoms with Crippen LogP contribution in [0, 0.1) is 0 Å². The highest BCUT2D eigenvalue weighted by Gasteiger charge is 2.09. The van der Waals surface area contributed by atoms with E-state index in [0.29, 0.717) is 0 Å². The van der Waals surface area contributed by atoms with Gasteiger partial charge in [0.2, 0.25) is 0 Å². The quantitative estimate of drug-likeness (QED) is 0.0753. The number of hydrogen-bond donors (Lipinski definition) is 0. The molecular weight excluding hydrogens is 528 g/mol. The molecule has 0 amide bonds. The van der Waals surface area contributed by atoms with Gasteiger partial charge in [0.1, 0.15) is 0 Å². The van der Waals surface area contributed by atoms with Crippen molar-refractivity contribution in [1.82, 2.24) is 0 Å². The van der Waals surface area contributed by atoms with Crippen LogP contribution in [0.15, 0.2) is 48.5 Å². The summed E-state index contributed by atoms with van der Waals surface area (Å²) >= 11 is 0. The predicted octanol–water partition coefficient (Wildman–Crippen LogP) is 15.4. The molecule has 0 unspecified atom stereocenters. The van der Waals surface area contributed by atoms with Gasteiger partial charge in [-0.3, -0.25) is 0 Å². The Balaban J connectivity index is 1.57. The van der Waals surface area contributed by atoms with Gasteiger partial charge in [0.25, 0.3) is 0 Å². The Labute approximate surface area is 276 Å². The zero-order valence-electron chi connectivity index (χ0n) is 29.8. The molecule has 44 heavy (non-hydrogen) atoms. The van der Waals surface area contributed by atoms with Crippen LogP contribution in [-0.4, -0.2) is 0 Å². The molecular formula is C44H74. The summed E-state index contributed by atoms with van der Waals surface area (Å²) in [5, 5.41) is 0. The van der Waals surface area contributed by atoms with Gasteiger partial charge >= 0.3 is 0 Å². The number of hydrogen-bond acceptors (Lipinski definition) is 0. The Morgan fingerprint density at radius 1 is 0.273 bits per heavy atom. The van der Waals surface area contributed by atoms with Crippen LogP contribution in [0.25, 0.3) is 11.1 Å². The standard InChI is InChI=1S/C44H74/c1-3-5-7-9-11-13-15-17-19-21-23-25-27-29-35-41-37-31-33-39-43(41)44-40-34-32-38-42(44)36-30-28-26-24-22-20-18-16-14-12-10-8-6-4-2/h31-34,37-40H,3-30,35-36H2,1-2H3. The van der Waals surface area contributed by atoms with Gasteiger partial charge in [-0.15, -0.1) is 0 Å². The first-order valence-electron chi connectivity index (χ1n) is 20.0. The second-order valence-corrected chi connectivity index (χ2v) is 14.0. The maximum atomic E-state index is 2.39. The third kappa shape index (κ3) is 19.7. The second kappa shape index (κ2) is 28.9. The lowest BCUT2D eigenvalue weighted by Gasteiger charge is -2.14. The van der Waals surface area contributed by atoms with Crippen LogP contribution in [-0.2, 0) is 12.8 Å². The van der Waals surface area contributed by atoms with Crippen molar-refractivity contribution >= 4 is 0 Å². The summed E-state index contributed by atoms with van der Waals surface area (Å²) in [7, 11) is 0. The van der Waals surface area contributed by atoms with E-state index in [2.05, 4.69) is 62.4 Å². The lowest BCUT2D eigenvalue weighted by atomic mass is 9.90. The van der Waals surface area contributed by atoms with Crippen molar-refractivity contribution in [2.45, 2.75) is 206 Å². The van der Waals surface area contributed by atoms with Crippen LogP contribution in [0.5, 0.6) is 0 Å². The topological polar surface area (TPSA) is 0 Å². The number of rotatable bonds is 31. The monoisotopic (exact) mass is 603 g/mol. The van der Waals surface area contributed by atoms with Gasteiger partial charge in [0, 0.05) is 0 Å². The van der Waals surface area contributed by atoms with Crippen molar-refractivity contribution in [3.05, 3.63) is 59.7 Å². The molecule has 0 spiro atoms. The molecule has 0 fully saturated rings. The second-order valence-electron chi connectivity index (χ2n) is 14.0. The first-order chi connectivity index (χ1) is 21.9. The van der Waals surface area contributed by atoms with Crippen LogP contribution in [0.1, 0.15) is 205 Å². The molecule has 2 aromatic rings. The van der Waals surface area contributed by atoms with Crippen molar-refractivity contribution < 1.29 is 0 Å². The largest absolute Gasteiger partial charge is 0.0654 e. The summed E-state index contributed by atoms with van der Waals surface area (Å²) in [6, 6.07) is 18.5. The molecule has 0 aliphatic carbocycles. The fourth-order valence-electron chi connectivity index (χ4n) is 7.02. The van der Waals surface area contributed by atoms with Gasteiger partial charge in [0.15, 0.2) is 0 Å². The van der Waals surface area contributed by atoms with E-state index in [1.807, 2.05) is 0 Å². The SMILES string of the molecule is CCCCCCCCCCCCCCCCc1ccccc1-c1ccccc1CCCCCCCCCCCCCCCC. The van der Waals surface area contributed by atoms with Crippen LogP contribution in [0.4, 0.5) is 0 Å². The summed E-state index contributed by atoms with van der Waals surface area (Å²) < 4.78 is 0. The Hall–Kier alpha value is -1.56. The highest BCUT2D eigenvalue weighted by atomic mass is 14.1. The molecule has 0 bridgehead atoms. The first kappa shape index (κ1) is 38.6. The van der Waals surface area contributed by atoms with E-state index in [-0.39, 0.29) is 0 Å². The average Bonchev–Trinajstić information content (AvgIpc) is 3.05. The van der Waals surface area contributed by atoms with Gasteiger partial charge < -0.3 is 0 Å². The third-order valence-electron chi connectivity index (χ3n) is 9.92. The van der Waals surface area contributed by atoms with Crippen LogP contribution < -0.4 is 0 Å². The highest BCUT2D eigenvalue weighted by molar-refractivity contribution is 5.70. The molecule has 0 radical (unpaired) electrons. The number of aryl methyl sites for hydroxylation is 2. The Morgan fingerprint density at radius 3 is 0.773 bits per heavy atom. The fourth-order valence-corrected chi connectivity index (χ4v) is 7.02. The summed E-state index contributed by atoms with van der Waals surface area (Å²) in [5.41, 5.74) is 6.09. The first-order valence-corrected chi connectivity index (χ1v) is 20.0. The summed E-state index contributed by atoms with van der Waals surface area (Å²) in [6.45, 7) is 4.61. The minimum absolute atomic E-state index is 1.22. The number of unbranched alkanes of at least 4 members (excludes halogenated alkanes) is 26. The van der Waals surface area contributed by atoms with E-state index < -0.39 is 0 Å². The third-order valence-corrected chi connectivity index (χ3v) is 9.92. The summed E-state index contributed by atoms with van der Waals surface area (Å²) in [5.74, 6) is 0. The van der Waals surface area contributed by atoms with E-state index in [0.717, 1.165) is 0 Å². The molecule has 0 nitrogen and oxygen atoms in total. The molecule has 2 aromatic carbocycles. The normalized spacial score (nSPS) is 11.4. The van der Waals surface area contributed by atoms with E-state index in [1.54, 1.807) is 11.1 Å². The molecule has 0 aromatic heterocycles. The molecule has 250 valence electrons. The lowest BCUT2D eigenvalue weighted by Crippen LogP contribution is -1.95. The Morgan fingerprint density at radius 2 is 0.500 bits per heavy atom. The van der Waals surface area contributed by atoms with Gasteiger partial charge in [-0.05, 0) is 47.9 Å². The van der Waals surface area contributed by atoms with Crippen molar-refractivity contribution in [2.24, 2.45) is 0 Å². The van der Waals surface area contributed by atoms with E-state index in [9.17, 15) is 0 Å². The van der Waals surface area contributed by atoms with Crippen LogP contribution in [0.3, 0.4) is 0 Å². The van der Waals surface area contributed by atoms with Gasteiger partial charge in [0.05, 0.1) is 0 Å². The molecule has 2 rings (SSSR count).